The number of methoxy groups -OCH3 is 1. The zero-order valence-corrected chi connectivity index (χ0v) is 18.1. The summed E-state index contributed by atoms with van der Waals surface area (Å²) in [5, 5.41) is 1.72. The molecule has 0 aromatic heterocycles. The Hall–Kier alpha value is -2.34. The van der Waals surface area contributed by atoms with E-state index in [1.165, 1.54) is 44.5 Å². The molecule has 0 aliphatic heterocycles. The van der Waals surface area contributed by atoms with Crippen molar-refractivity contribution in [2.24, 2.45) is 0 Å². The summed E-state index contributed by atoms with van der Waals surface area (Å²) in [7, 11) is -1.31. The minimum absolute atomic E-state index is 0.0762. The van der Waals surface area contributed by atoms with Crippen molar-refractivity contribution in [3.63, 3.8) is 0 Å². The molecule has 0 aliphatic carbocycles. The maximum Gasteiger partial charge on any atom is 0.417 e. The van der Waals surface area contributed by atoms with Crippen LogP contribution in [0.4, 0.5) is 18.9 Å². The molecule has 0 unspecified atom stereocenters. The van der Waals surface area contributed by atoms with Crippen molar-refractivity contribution in [2.45, 2.75) is 11.1 Å². The normalized spacial score (nSPS) is 12.1. The van der Waals surface area contributed by atoms with Gasteiger partial charge in [-0.1, -0.05) is 11.6 Å². The second-order valence-corrected chi connectivity index (χ2v) is 8.77. The molecule has 12 heteroatoms. The average Bonchev–Trinajstić information content (AvgIpc) is 2.69. The number of carbonyl (C=O) groups is 1. The van der Waals surface area contributed by atoms with Crippen molar-refractivity contribution in [3.8, 4) is 5.75 Å². The highest BCUT2D eigenvalue weighted by molar-refractivity contribution is 7.89. The van der Waals surface area contributed by atoms with Crippen LogP contribution in [0, 0.1) is 0 Å². The first-order chi connectivity index (χ1) is 14.4. The van der Waals surface area contributed by atoms with Crippen molar-refractivity contribution in [3.05, 3.63) is 53.1 Å². The SMILES string of the molecule is COCCOc1ccc(S(=O)(=O)N(C)CC(=O)Nc2ccc(Cl)c(C(F)(F)F)c2)cc1. The Morgan fingerprint density at radius 3 is 2.35 bits per heavy atom. The predicted octanol–water partition coefficient (Wildman–Crippen LogP) is 3.64. The molecule has 2 aromatic carbocycles. The number of hydrogen-bond donors (Lipinski definition) is 1. The lowest BCUT2D eigenvalue weighted by molar-refractivity contribution is -0.137. The van der Waals surface area contributed by atoms with Crippen LogP contribution in [0.1, 0.15) is 5.56 Å². The van der Waals surface area contributed by atoms with Crippen LogP contribution in [0.5, 0.6) is 5.75 Å². The van der Waals surface area contributed by atoms with Gasteiger partial charge in [0.05, 0.1) is 28.6 Å². The number of hydrogen-bond acceptors (Lipinski definition) is 5. The van der Waals surface area contributed by atoms with Crippen LogP contribution in [-0.2, 0) is 25.7 Å². The first-order valence-corrected chi connectivity index (χ1v) is 10.6. The molecule has 0 bridgehead atoms. The van der Waals surface area contributed by atoms with Crippen LogP contribution in [0.15, 0.2) is 47.4 Å². The number of ether oxygens (including phenoxy) is 2. The third-order valence-electron chi connectivity index (χ3n) is 4.01. The van der Waals surface area contributed by atoms with Crippen molar-refractivity contribution in [1.29, 1.82) is 0 Å². The van der Waals surface area contributed by atoms with E-state index < -0.39 is 39.2 Å². The summed E-state index contributed by atoms with van der Waals surface area (Å²) in [6, 6.07) is 8.42. The number of anilines is 1. The van der Waals surface area contributed by atoms with Gasteiger partial charge in [-0.3, -0.25) is 4.79 Å². The van der Waals surface area contributed by atoms with Crippen molar-refractivity contribution in [1.82, 2.24) is 4.31 Å². The molecule has 0 fully saturated rings. The first-order valence-electron chi connectivity index (χ1n) is 8.80. The van der Waals surface area contributed by atoms with E-state index in [0.29, 0.717) is 25.0 Å². The highest BCUT2D eigenvalue weighted by atomic mass is 35.5. The maximum absolute atomic E-state index is 12.9. The highest BCUT2D eigenvalue weighted by Gasteiger charge is 2.33. The first kappa shape index (κ1) is 24.9. The molecular weight excluding hydrogens is 461 g/mol. The standard InChI is InChI=1S/C19H20ClF3N2O5S/c1-25(31(27,28)15-6-4-14(5-7-15)30-10-9-29-2)12-18(26)24-13-3-8-17(20)16(11-13)19(21,22)23/h3-8,11H,9-10,12H2,1-2H3,(H,24,26). The quantitative estimate of drug-likeness (QED) is 0.554. The summed E-state index contributed by atoms with van der Waals surface area (Å²) in [6.45, 7) is 0.0534. The van der Waals surface area contributed by atoms with E-state index in [-0.39, 0.29) is 10.6 Å². The molecule has 0 saturated heterocycles. The van der Waals surface area contributed by atoms with Crippen molar-refractivity contribution in [2.75, 3.05) is 39.2 Å². The van der Waals surface area contributed by atoms with E-state index in [1.807, 2.05) is 0 Å². The third kappa shape index (κ3) is 6.82. The van der Waals surface area contributed by atoms with Gasteiger partial charge in [0.15, 0.2) is 0 Å². The number of alkyl halides is 3. The number of amides is 1. The lowest BCUT2D eigenvalue weighted by Crippen LogP contribution is -2.35. The predicted molar refractivity (Wildman–Crippen MR) is 109 cm³/mol. The van der Waals surface area contributed by atoms with Gasteiger partial charge in [0.1, 0.15) is 12.4 Å². The smallest absolute Gasteiger partial charge is 0.417 e. The Morgan fingerprint density at radius 1 is 1.13 bits per heavy atom. The van der Waals surface area contributed by atoms with E-state index in [4.69, 9.17) is 21.1 Å². The molecule has 31 heavy (non-hydrogen) atoms. The lowest BCUT2D eigenvalue weighted by atomic mass is 10.2. The molecule has 2 aromatic rings. The van der Waals surface area contributed by atoms with Gasteiger partial charge in [-0.05, 0) is 42.5 Å². The molecule has 170 valence electrons. The molecule has 7 nitrogen and oxygen atoms in total. The van der Waals surface area contributed by atoms with Gasteiger partial charge in [0.2, 0.25) is 15.9 Å². The van der Waals surface area contributed by atoms with Gasteiger partial charge in [-0.25, -0.2) is 8.42 Å². The fraction of sp³-hybridized carbons (Fsp3) is 0.316. The Morgan fingerprint density at radius 2 is 1.77 bits per heavy atom. The summed E-state index contributed by atoms with van der Waals surface area (Å²) >= 11 is 5.54. The van der Waals surface area contributed by atoms with Gasteiger partial charge in [-0.2, -0.15) is 17.5 Å². The highest BCUT2D eigenvalue weighted by Crippen LogP contribution is 2.36. The number of halogens is 4. The van der Waals surface area contributed by atoms with Crippen LogP contribution < -0.4 is 10.1 Å². The second-order valence-electron chi connectivity index (χ2n) is 6.31. The van der Waals surface area contributed by atoms with E-state index >= 15 is 0 Å². The number of rotatable bonds is 9. The number of benzene rings is 2. The molecule has 0 saturated carbocycles. The largest absolute Gasteiger partial charge is 0.491 e. The van der Waals surface area contributed by atoms with E-state index in [0.717, 1.165) is 10.4 Å². The summed E-state index contributed by atoms with van der Waals surface area (Å²) in [6.07, 6.45) is -4.70. The molecule has 1 N–H and O–H groups in total. The number of nitrogens with one attached hydrogen (secondary N) is 1. The summed E-state index contributed by atoms with van der Waals surface area (Å²) < 4.78 is 75.1. The van der Waals surface area contributed by atoms with Crippen molar-refractivity contribution < 1.29 is 35.9 Å². The Bertz CT molecular complexity index is 1010. The third-order valence-corrected chi connectivity index (χ3v) is 6.16. The van der Waals surface area contributed by atoms with Crippen LogP contribution in [0.2, 0.25) is 5.02 Å². The molecule has 0 atom stereocenters. The van der Waals surface area contributed by atoms with Gasteiger partial charge in [0, 0.05) is 19.8 Å². The minimum atomic E-state index is -4.70. The zero-order valence-electron chi connectivity index (χ0n) is 16.6. The van der Waals surface area contributed by atoms with Gasteiger partial charge in [-0.15, -0.1) is 0 Å². The molecule has 0 spiro atoms. The topological polar surface area (TPSA) is 84.9 Å². The van der Waals surface area contributed by atoms with E-state index in [9.17, 15) is 26.4 Å². The number of likely N-dealkylation sites (N-methyl/N-ethyl adjacent to an activating group) is 1. The number of carbonyl (C=O) groups excluding carboxylic acids is 1. The van der Waals surface area contributed by atoms with E-state index in [1.54, 1.807) is 0 Å². The molecule has 0 heterocycles. The average molecular weight is 481 g/mol. The molecule has 2 rings (SSSR count). The molecule has 0 aliphatic rings. The summed E-state index contributed by atoms with van der Waals surface area (Å²) in [4.78, 5) is 12.1. The maximum atomic E-state index is 12.9. The number of sulfonamides is 1. The Kier molecular flexibility index (Phi) is 8.29. The molecule has 1 amide bonds. The Labute approximate surface area is 182 Å². The summed E-state index contributed by atoms with van der Waals surface area (Å²) in [5.41, 5.74) is -1.27. The van der Waals surface area contributed by atoms with E-state index in [2.05, 4.69) is 5.32 Å². The molecular formula is C19H20ClF3N2O5S. The van der Waals surface area contributed by atoms with Crippen LogP contribution in [-0.4, -0.2) is 52.5 Å². The fourth-order valence-corrected chi connectivity index (χ4v) is 3.79. The zero-order chi connectivity index (χ0) is 23.2. The lowest BCUT2D eigenvalue weighted by Gasteiger charge is -2.18. The van der Waals surface area contributed by atoms with Crippen LogP contribution in [0.3, 0.4) is 0 Å². The fourth-order valence-electron chi connectivity index (χ4n) is 2.44. The molecule has 0 radical (unpaired) electrons. The van der Waals surface area contributed by atoms with Gasteiger partial charge in [0.25, 0.3) is 0 Å². The van der Waals surface area contributed by atoms with Crippen LogP contribution >= 0.6 is 11.6 Å². The van der Waals surface area contributed by atoms with Gasteiger partial charge >= 0.3 is 6.18 Å². The number of nitrogens with zero attached hydrogens (tertiary/aromatic N) is 1. The van der Waals surface area contributed by atoms with Crippen LogP contribution in [0.25, 0.3) is 0 Å². The monoisotopic (exact) mass is 480 g/mol. The van der Waals surface area contributed by atoms with Gasteiger partial charge < -0.3 is 14.8 Å². The summed E-state index contributed by atoms with van der Waals surface area (Å²) in [5.74, 6) is -0.374. The second kappa shape index (κ2) is 10.3. The Balaban J connectivity index is 2.05. The van der Waals surface area contributed by atoms with Crippen molar-refractivity contribution >= 4 is 33.2 Å². The minimum Gasteiger partial charge on any atom is -0.491 e.